The summed E-state index contributed by atoms with van der Waals surface area (Å²) in [5, 5.41) is 0. The third-order valence-electron chi connectivity index (χ3n) is 4.41. The van der Waals surface area contributed by atoms with Crippen molar-refractivity contribution in [1.29, 1.82) is 0 Å². The topological polar surface area (TPSA) is 32.8 Å². The maximum Gasteiger partial charge on any atom is 0.306 e. The van der Waals surface area contributed by atoms with Gasteiger partial charge >= 0.3 is 5.97 Å². The van der Waals surface area contributed by atoms with Crippen molar-refractivity contribution in [1.82, 2.24) is 9.80 Å². The molecule has 1 aliphatic heterocycles. The average molecular weight is 268 g/mol. The fraction of sp³-hybridized carbons (Fsp3) is 0.933. The molecule has 4 nitrogen and oxygen atoms in total. The zero-order chi connectivity index (χ0) is 13.7. The van der Waals surface area contributed by atoms with Crippen LogP contribution in [0, 0.1) is 0 Å². The van der Waals surface area contributed by atoms with Crippen LogP contribution in [0.4, 0.5) is 0 Å². The Balaban J connectivity index is 1.90. The van der Waals surface area contributed by atoms with Crippen molar-refractivity contribution in [2.75, 3.05) is 33.2 Å². The fourth-order valence-corrected chi connectivity index (χ4v) is 3.22. The lowest BCUT2D eigenvalue weighted by atomic mass is 9.90. The fourth-order valence-electron chi connectivity index (χ4n) is 3.22. The van der Waals surface area contributed by atoms with E-state index in [4.69, 9.17) is 4.74 Å². The van der Waals surface area contributed by atoms with Gasteiger partial charge in [0.1, 0.15) is 6.10 Å². The molecule has 1 aliphatic carbocycles. The molecule has 1 saturated heterocycles. The molecular formula is C15H28N2O2. The first-order valence-corrected chi connectivity index (χ1v) is 7.82. The Hall–Kier alpha value is -0.610. The Morgan fingerprint density at radius 1 is 1.16 bits per heavy atom. The van der Waals surface area contributed by atoms with E-state index in [9.17, 15) is 4.79 Å². The van der Waals surface area contributed by atoms with Gasteiger partial charge in [0.25, 0.3) is 0 Å². The maximum absolute atomic E-state index is 11.7. The molecule has 0 spiro atoms. The van der Waals surface area contributed by atoms with Crippen LogP contribution in [-0.2, 0) is 9.53 Å². The van der Waals surface area contributed by atoms with Crippen molar-refractivity contribution in [2.45, 2.75) is 57.6 Å². The number of likely N-dealkylation sites (N-methyl/N-ethyl adjacent to an activating group) is 1. The van der Waals surface area contributed by atoms with Crippen molar-refractivity contribution in [3.8, 4) is 0 Å². The second-order valence-electron chi connectivity index (χ2n) is 5.97. The molecule has 2 fully saturated rings. The van der Waals surface area contributed by atoms with Gasteiger partial charge in [0.05, 0.1) is 0 Å². The minimum Gasteiger partial charge on any atom is -0.461 e. The van der Waals surface area contributed by atoms with Crippen LogP contribution in [0.3, 0.4) is 0 Å². The van der Waals surface area contributed by atoms with Gasteiger partial charge < -0.3 is 9.64 Å². The number of rotatable bonds is 4. The van der Waals surface area contributed by atoms with E-state index in [1.54, 1.807) is 0 Å². The van der Waals surface area contributed by atoms with Crippen LogP contribution in [0.5, 0.6) is 0 Å². The smallest absolute Gasteiger partial charge is 0.306 e. The SMILES string of the molecule is CCCC(=O)O[C@@H]1CCCC[C@H]1N1CCN(C)CC1. The Kier molecular flexibility index (Phi) is 5.64. The van der Waals surface area contributed by atoms with Crippen LogP contribution in [0.25, 0.3) is 0 Å². The number of hydrogen-bond donors (Lipinski definition) is 0. The van der Waals surface area contributed by atoms with Gasteiger partial charge in [0.15, 0.2) is 0 Å². The molecule has 19 heavy (non-hydrogen) atoms. The molecular weight excluding hydrogens is 240 g/mol. The lowest BCUT2D eigenvalue weighted by Gasteiger charge is -2.43. The minimum absolute atomic E-state index is 0.00599. The summed E-state index contributed by atoms with van der Waals surface area (Å²) in [7, 11) is 2.18. The van der Waals surface area contributed by atoms with E-state index in [1.807, 2.05) is 6.92 Å². The van der Waals surface area contributed by atoms with Gasteiger partial charge in [0.2, 0.25) is 0 Å². The predicted octanol–water partition coefficient (Wildman–Crippen LogP) is 1.89. The highest BCUT2D eigenvalue weighted by Crippen LogP contribution is 2.26. The first kappa shape index (κ1) is 14.8. The molecule has 0 aromatic rings. The third-order valence-corrected chi connectivity index (χ3v) is 4.41. The van der Waals surface area contributed by atoms with Crippen molar-refractivity contribution in [2.24, 2.45) is 0 Å². The van der Waals surface area contributed by atoms with E-state index in [2.05, 4.69) is 16.8 Å². The number of carbonyl (C=O) groups excluding carboxylic acids is 1. The van der Waals surface area contributed by atoms with E-state index < -0.39 is 0 Å². The Morgan fingerprint density at radius 3 is 2.53 bits per heavy atom. The molecule has 2 atom stereocenters. The molecule has 2 rings (SSSR count). The highest BCUT2D eigenvalue weighted by Gasteiger charge is 2.33. The number of piperazine rings is 1. The van der Waals surface area contributed by atoms with Gasteiger partial charge in [-0.05, 0) is 32.7 Å². The van der Waals surface area contributed by atoms with Crippen molar-refractivity contribution < 1.29 is 9.53 Å². The quantitative estimate of drug-likeness (QED) is 0.729. The largest absolute Gasteiger partial charge is 0.461 e. The number of nitrogens with zero attached hydrogens (tertiary/aromatic N) is 2. The van der Waals surface area contributed by atoms with Crippen molar-refractivity contribution >= 4 is 5.97 Å². The molecule has 2 aliphatic rings. The molecule has 0 unspecified atom stereocenters. The summed E-state index contributed by atoms with van der Waals surface area (Å²) in [5.74, 6) is -0.00599. The Bertz CT molecular complexity index is 288. The van der Waals surface area contributed by atoms with Crippen LogP contribution in [0.1, 0.15) is 45.4 Å². The maximum atomic E-state index is 11.7. The molecule has 0 N–H and O–H groups in total. The number of ether oxygens (including phenoxy) is 1. The predicted molar refractivity (Wildman–Crippen MR) is 76.1 cm³/mol. The van der Waals surface area contributed by atoms with E-state index in [-0.39, 0.29) is 12.1 Å². The van der Waals surface area contributed by atoms with Crippen molar-refractivity contribution in [3.05, 3.63) is 0 Å². The lowest BCUT2D eigenvalue weighted by Crippen LogP contribution is -2.54. The van der Waals surface area contributed by atoms with Gasteiger partial charge in [-0.15, -0.1) is 0 Å². The zero-order valence-corrected chi connectivity index (χ0v) is 12.4. The molecule has 0 radical (unpaired) electrons. The van der Waals surface area contributed by atoms with Gasteiger partial charge in [-0.3, -0.25) is 9.69 Å². The van der Waals surface area contributed by atoms with Crippen LogP contribution >= 0.6 is 0 Å². The Morgan fingerprint density at radius 2 is 1.84 bits per heavy atom. The summed E-state index contributed by atoms with van der Waals surface area (Å²) >= 11 is 0. The van der Waals surface area contributed by atoms with Crippen LogP contribution in [-0.4, -0.2) is 61.1 Å². The van der Waals surface area contributed by atoms with E-state index >= 15 is 0 Å². The first-order valence-electron chi connectivity index (χ1n) is 7.82. The zero-order valence-electron chi connectivity index (χ0n) is 12.4. The normalized spacial score (nSPS) is 30.2. The van der Waals surface area contributed by atoms with Crippen LogP contribution < -0.4 is 0 Å². The first-order chi connectivity index (χ1) is 9.20. The standard InChI is InChI=1S/C15H28N2O2/c1-3-6-15(18)19-14-8-5-4-7-13(14)17-11-9-16(2)10-12-17/h13-14H,3-12H2,1-2H3/t13-,14-/m1/s1. The van der Waals surface area contributed by atoms with Gasteiger partial charge in [-0.2, -0.15) is 0 Å². The second kappa shape index (κ2) is 7.25. The molecule has 0 amide bonds. The van der Waals surface area contributed by atoms with Gasteiger partial charge in [-0.25, -0.2) is 0 Å². The second-order valence-corrected chi connectivity index (χ2v) is 5.97. The molecule has 110 valence electrons. The van der Waals surface area contributed by atoms with Crippen LogP contribution in [0.15, 0.2) is 0 Å². The average Bonchev–Trinajstić information content (AvgIpc) is 2.41. The monoisotopic (exact) mass is 268 g/mol. The summed E-state index contributed by atoms with van der Waals surface area (Å²) in [6.45, 7) is 6.52. The highest BCUT2D eigenvalue weighted by atomic mass is 16.5. The molecule has 1 heterocycles. The molecule has 0 bridgehead atoms. The van der Waals surface area contributed by atoms with Crippen LogP contribution in [0.2, 0.25) is 0 Å². The minimum atomic E-state index is -0.00599. The third kappa shape index (κ3) is 4.18. The highest BCUT2D eigenvalue weighted by molar-refractivity contribution is 5.69. The summed E-state index contributed by atoms with van der Waals surface area (Å²) in [6.07, 6.45) is 6.29. The van der Waals surface area contributed by atoms with Gasteiger partial charge in [0, 0.05) is 38.6 Å². The number of esters is 1. The van der Waals surface area contributed by atoms with E-state index in [1.165, 1.54) is 19.3 Å². The number of carbonyl (C=O) groups is 1. The summed E-state index contributed by atoms with van der Waals surface area (Å²) in [6, 6.07) is 0.461. The lowest BCUT2D eigenvalue weighted by molar-refractivity contribution is -0.155. The number of hydrogen-bond acceptors (Lipinski definition) is 4. The molecule has 4 heteroatoms. The Labute approximate surface area is 117 Å². The summed E-state index contributed by atoms with van der Waals surface area (Å²) < 4.78 is 5.73. The molecule has 1 saturated carbocycles. The van der Waals surface area contributed by atoms with Gasteiger partial charge in [-0.1, -0.05) is 13.3 Å². The molecule has 0 aromatic heterocycles. The van der Waals surface area contributed by atoms with Crippen molar-refractivity contribution in [3.63, 3.8) is 0 Å². The molecule has 0 aromatic carbocycles. The summed E-state index contributed by atoms with van der Waals surface area (Å²) in [5.41, 5.74) is 0. The van der Waals surface area contributed by atoms with E-state index in [0.717, 1.165) is 39.0 Å². The summed E-state index contributed by atoms with van der Waals surface area (Å²) in [4.78, 5) is 16.7. The van der Waals surface area contributed by atoms with E-state index in [0.29, 0.717) is 12.5 Å².